The second-order valence-electron chi connectivity index (χ2n) is 11.0. The Bertz CT molecular complexity index is 909. The number of fused-ring (bicyclic) bond motifs is 10. The Morgan fingerprint density at radius 3 is 2.17 bits per heavy atom. The Morgan fingerprint density at radius 2 is 1.64 bits per heavy atom. The van der Waals surface area contributed by atoms with Crippen molar-refractivity contribution in [2.75, 3.05) is 14.1 Å². The molecule has 3 amide bonds. The molecule has 2 aliphatic rings. The van der Waals surface area contributed by atoms with Gasteiger partial charge in [-0.15, -0.1) is 0 Å². The molecule has 0 saturated heterocycles. The van der Waals surface area contributed by atoms with Crippen molar-refractivity contribution in [3.05, 3.63) is 36.0 Å². The predicted molar refractivity (Wildman–Crippen MR) is 143 cm³/mol. The van der Waals surface area contributed by atoms with Crippen molar-refractivity contribution >= 4 is 23.8 Å². The van der Waals surface area contributed by atoms with Gasteiger partial charge in [0.25, 0.3) is 0 Å². The predicted octanol–water partition coefficient (Wildman–Crippen LogP) is 3.18. The summed E-state index contributed by atoms with van der Waals surface area (Å²) in [5.41, 5.74) is 0.901. The summed E-state index contributed by atoms with van der Waals surface area (Å²) < 4.78 is 6.31. The molecule has 8 nitrogen and oxygen atoms in total. The van der Waals surface area contributed by atoms with E-state index in [0.29, 0.717) is 24.5 Å². The average molecular weight is 501 g/mol. The van der Waals surface area contributed by atoms with Gasteiger partial charge in [0.1, 0.15) is 23.9 Å². The zero-order valence-electron chi connectivity index (χ0n) is 23.0. The van der Waals surface area contributed by atoms with Crippen LogP contribution >= 0.6 is 0 Å². The van der Waals surface area contributed by atoms with Crippen LogP contribution in [0.15, 0.2) is 30.5 Å². The van der Waals surface area contributed by atoms with Gasteiger partial charge in [0.15, 0.2) is 0 Å². The van der Waals surface area contributed by atoms with Crippen LogP contribution in [0.3, 0.4) is 0 Å². The Morgan fingerprint density at radius 1 is 1.00 bits per heavy atom. The Labute approximate surface area is 216 Å². The zero-order valence-corrected chi connectivity index (χ0v) is 23.0. The summed E-state index contributed by atoms with van der Waals surface area (Å²) in [6.45, 7) is 12.0. The fourth-order valence-corrected chi connectivity index (χ4v) is 4.23. The van der Waals surface area contributed by atoms with Gasteiger partial charge < -0.3 is 20.7 Å². The number of carbonyl (C=O) groups is 3. The summed E-state index contributed by atoms with van der Waals surface area (Å²) in [6.07, 6.45) is 3.82. The van der Waals surface area contributed by atoms with E-state index in [0.717, 1.165) is 5.56 Å². The number of hydrogen-bond acceptors (Lipinski definition) is 5. The molecule has 8 heteroatoms. The van der Waals surface area contributed by atoms with E-state index in [9.17, 15) is 14.4 Å². The third-order valence-electron chi connectivity index (χ3n) is 6.18. The van der Waals surface area contributed by atoms with Gasteiger partial charge in [0.2, 0.25) is 17.7 Å². The zero-order chi connectivity index (χ0) is 27.0. The largest absolute Gasteiger partial charge is 0.487 e. The minimum atomic E-state index is -0.993. The second-order valence-corrected chi connectivity index (χ2v) is 11.0. The van der Waals surface area contributed by atoms with Crippen molar-refractivity contribution < 1.29 is 19.1 Å². The maximum atomic E-state index is 13.7. The second kappa shape index (κ2) is 13.4. The molecule has 0 fully saturated rings. The van der Waals surface area contributed by atoms with E-state index in [1.807, 2.05) is 71.0 Å². The first kappa shape index (κ1) is 29.4. The van der Waals surface area contributed by atoms with Crippen molar-refractivity contribution in [3.63, 3.8) is 0 Å². The van der Waals surface area contributed by atoms with Gasteiger partial charge in [-0.2, -0.15) is 0 Å². The fraction of sp³-hybridized carbons (Fsp3) is 0.607. The van der Waals surface area contributed by atoms with E-state index in [4.69, 9.17) is 4.74 Å². The van der Waals surface area contributed by atoms with Crippen molar-refractivity contribution in [3.8, 4) is 5.75 Å². The van der Waals surface area contributed by atoms with Gasteiger partial charge in [-0.05, 0) is 68.5 Å². The van der Waals surface area contributed by atoms with Crippen LogP contribution in [-0.2, 0) is 14.4 Å². The molecule has 3 rings (SSSR count). The van der Waals surface area contributed by atoms with Crippen molar-refractivity contribution in [2.24, 2.45) is 17.8 Å². The fourth-order valence-electron chi connectivity index (χ4n) is 4.23. The maximum absolute atomic E-state index is 13.7. The molecule has 2 aliphatic heterocycles. The summed E-state index contributed by atoms with van der Waals surface area (Å²) >= 11 is 0. The van der Waals surface area contributed by atoms with Gasteiger partial charge >= 0.3 is 0 Å². The molecule has 1 aromatic rings. The molecular weight excluding hydrogens is 456 g/mol. The van der Waals surface area contributed by atoms with E-state index >= 15 is 0 Å². The van der Waals surface area contributed by atoms with Crippen LogP contribution in [0.2, 0.25) is 0 Å². The molecule has 36 heavy (non-hydrogen) atoms. The molecule has 0 saturated carbocycles. The SMILES string of the molecule is CC(C)C[C@H]1NC(=O)[C@H](NC(=O)[C@H](CC(C)C)N(C)C)[C@H](C(C)C)Oc2ccc(cc2)/C=C\NC1=O. The van der Waals surface area contributed by atoms with E-state index in [1.54, 1.807) is 12.3 Å². The monoisotopic (exact) mass is 500 g/mol. The molecule has 0 unspecified atom stereocenters. The average Bonchev–Trinajstić information content (AvgIpc) is 2.78. The lowest BCUT2D eigenvalue weighted by Gasteiger charge is -2.34. The lowest BCUT2D eigenvalue weighted by atomic mass is 9.95. The summed E-state index contributed by atoms with van der Waals surface area (Å²) in [6, 6.07) is 5.25. The molecule has 1 aromatic carbocycles. The van der Waals surface area contributed by atoms with Crippen LogP contribution in [0.5, 0.6) is 5.75 Å². The van der Waals surface area contributed by atoms with Crippen molar-refractivity contribution in [1.29, 1.82) is 0 Å². The van der Waals surface area contributed by atoms with Gasteiger partial charge in [-0.3, -0.25) is 19.3 Å². The van der Waals surface area contributed by atoms with Crippen LogP contribution in [0.25, 0.3) is 6.08 Å². The van der Waals surface area contributed by atoms with Gasteiger partial charge in [-0.1, -0.05) is 53.7 Å². The molecule has 0 aromatic heterocycles. The Hall–Kier alpha value is -2.87. The first-order valence-electron chi connectivity index (χ1n) is 12.9. The lowest BCUT2D eigenvalue weighted by Crippen LogP contribution is -2.61. The standard InChI is InChI=1S/C28H44N4O4/c1-17(2)15-22-26(33)29-14-13-20-9-11-21(12-10-20)36-25(19(5)6)24(28(35)30-22)31-27(34)23(32(7)8)16-18(3)4/h9-14,17-19,22-25H,15-16H2,1-8H3,(H,29,33)(H,30,35)(H,31,34)/b14-13-/t22-,23+,24-,25+/m1/s1. The molecule has 200 valence electrons. The van der Waals surface area contributed by atoms with Gasteiger partial charge in [0.05, 0.1) is 6.04 Å². The highest BCUT2D eigenvalue weighted by atomic mass is 16.5. The highest BCUT2D eigenvalue weighted by Gasteiger charge is 2.38. The summed E-state index contributed by atoms with van der Waals surface area (Å²) in [7, 11) is 3.71. The van der Waals surface area contributed by atoms with E-state index in [2.05, 4.69) is 29.8 Å². The van der Waals surface area contributed by atoms with Crippen LogP contribution < -0.4 is 20.7 Å². The van der Waals surface area contributed by atoms with Crippen LogP contribution in [-0.4, -0.2) is 60.9 Å². The van der Waals surface area contributed by atoms with E-state index in [-0.39, 0.29) is 23.7 Å². The van der Waals surface area contributed by atoms with Crippen LogP contribution in [0.4, 0.5) is 0 Å². The number of ether oxygens (including phenoxy) is 1. The number of carbonyl (C=O) groups excluding carboxylic acids is 3. The van der Waals surface area contributed by atoms with Gasteiger partial charge in [-0.25, -0.2) is 0 Å². The number of nitrogens with zero attached hydrogens (tertiary/aromatic N) is 1. The van der Waals surface area contributed by atoms with Gasteiger partial charge in [0, 0.05) is 6.20 Å². The summed E-state index contributed by atoms with van der Waals surface area (Å²) in [5, 5.41) is 8.67. The van der Waals surface area contributed by atoms with Crippen molar-refractivity contribution in [2.45, 2.75) is 78.6 Å². The number of rotatable bonds is 8. The molecule has 0 radical (unpaired) electrons. The normalized spacial score (nSPS) is 22.7. The molecule has 0 aliphatic carbocycles. The third-order valence-corrected chi connectivity index (χ3v) is 6.18. The van der Waals surface area contributed by atoms with Crippen LogP contribution in [0, 0.1) is 17.8 Å². The maximum Gasteiger partial charge on any atom is 0.247 e. The Balaban J connectivity index is 2.50. The van der Waals surface area contributed by atoms with Crippen molar-refractivity contribution in [1.82, 2.24) is 20.9 Å². The van der Waals surface area contributed by atoms with E-state index < -0.39 is 30.1 Å². The molecular formula is C28H44N4O4. The third kappa shape index (κ3) is 8.66. The number of likely N-dealkylation sites (N-methyl/N-ethyl adjacent to an activating group) is 1. The number of amides is 3. The molecule has 0 spiro atoms. The quantitative estimate of drug-likeness (QED) is 0.509. The molecule has 2 bridgehead atoms. The minimum absolute atomic E-state index is 0.103. The highest BCUT2D eigenvalue weighted by Crippen LogP contribution is 2.21. The topological polar surface area (TPSA) is 99.8 Å². The molecule has 3 N–H and O–H groups in total. The smallest absolute Gasteiger partial charge is 0.247 e. The molecule has 4 atom stereocenters. The minimum Gasteiger partial charge on any atom is -0.487 e. The summed E-state index contributed by atoms with van der Waals surface area (Å²) in [5.74, 6) is -0.0262. The molecule has 2 heterocycles. The number of benzene rings is 1. The highest BCUT2D eigenvalue weighted by molar-refractivity contribution is 5.93. The summed E-state index contributed by atoms with van der Waals surface area (Å²) in [4.78, 5) is 42.0. The number of nitrogens with one attached hydrogen (secondary N) is 3. The first-order chi connectivity index (χ1) is 16.9. The van der Waals surface area contributed by atoms with E-state index in [1.165, 1.54) is 0 Å². The van der Waals surface area contributed by atoms with Crippen LogP contribution in [0.1, 0.15) is 59.9 Å². The Kier molecular flexibility index (Phi) is 11.0. The lowest BCUT2D eigenvalue weighted by molar-refractivity contribution is -0.136. The first-order valence-corrected chi connectivity index (χ1v) is 12.9. The number of hydrogen-bond donors (Lipinski definition) is 3.